The highest BCUT2D eigenvalue weighted by molar-refractivity contribution is 7.89. The number of likely N-dealkylation sites (tertiary alicyclic amines) is 1. The molecule has 2 aromatic carbocycles. The van der Waals surface area contributed by atoms with Crippen molar-refractivity contribution in [3.8, 4) is 11.5 Å². The summed E-state index contributed by atoms with van der Waals surface area (Å²) in [5.74, 6) is 1.45. The van der Waals surface area contributed by atoms with Gasteiger partial charge in [-0.1, -0.05) is 24.3 Å². The topological polar surface area (TPSA) is 76.9 Å². The summed E-state index contributed by atoms with van der Waals surface area (Å²) in [7, 11) is -0.649. The minimum Gasteiger partial charge on any atom is -0.497 e. The van der Waals surface area contributed by atoms with E-state index >= 15 is 0 Å². The Morgan fingerprint density at radius 3 is 1.83 bits per heavy atom. The Morgan fingerprint density at radius 1 is 0.914 bits per heavy atom. The van der Waals surface area contributed by atoms with Gasteiger partial charge in [-0.25, -0.2) is 8.42 Å². The first-order valence-corrected chi connectivity index (χ1v) is 13.3. The third-order valence-corrected chi connectivity index (χ3v) is 7.92. The number of hydrogen-bond donors (Lipinski definition) is 0. The number of benzene rings is 2. The molecule has 0 N–H and O–H groups in total. The van der Waals surface area contributed by atoms with Crippen LogP contribution in [0.4, 0.5) is 0 Å². The Morgan fingerprint density at radius 2 is 1.43 bits per heavy atom. The lowest BCUT2D eigenvalue weighted by Crippen LogP contribution is -2.37. The Labute approximate surface area is 208 Å². The van der Waals surface area contributed by atoms with Crippen LogP contribution in [0.3, 0.4) is 0 Å². The van der Waals surface area contributed by atoms with Crippen LogP contribution in [0, 0.1) is 0 Å². The molecular formula is C26H34N4O4S. The number of ether oxygens (including phenoxy) is 2. The Balaban J connectivity index is 1.67. The van der Waals surface area contributed by atoms with Crippen LogP contribution in [0.2, 0.25) is 0 Å². The smallest absolute Gasteiger partial charge is 0.263 e. The van der Waals surface area contributed by atoms with Crippen LogP contribution in [-0.2, 0) is 29.7 Å². The fourth-order valence-electron chi connectivity index (χ4n) is 4.10. The molecule has 35 heavy (non-hydrogen) atoms. The highest BCUT2D eigenvalue weighted by atomic mass is 32.2. The maximum atomic E-state index is 13.9. The van der Waals surface area contributed by atoms with E-state index in [4.69, 9.17) is 9.47 Å². The second-order valence-corrected chi connectivity index (χ2v) is 11.0. The number of sulfonamides is 1. The molecule has 3 aromatic rings. The summed E-state index contributed by atoms with van der Waals surface area (Å²) in [6.45, 7) is 7.25. The van der Waals surface area contributed by atoms with E-state index < -0.39 is 10.0 Å². The second kappa shape index (κ2) is 10.8. The van der Waals surface area contributed by atoms with Gasteiger partial charge in [0.05, 0.1) is 19.9 Å². The van der Waals surface area contributed by atoms with Gasteiger partial charge in [0.2, 0.25) is 0 Å². The largest absolute Gasteiger partial charge is 0.497 e. The fourth-order valence-corrected chi connectivity index (χ4v) is 5.47. The van der Waals surface area contributed by atoms with E-state index in [1.165, 1.54) is 10.7 Å². The molecule has 1 aliphatic rings. The summed E-state index contributed by atoms with van der Waals surface area (Å²) >= 11 is 0. The van der Waals surface area contributed by atoms with Gasteiger partial charge in [0.1, 0.15) is 11.5 Å². The molecule has 0 saturated carbocycles. The van der Waals surface area contributed by atoms with E-state index in [9.17, 15) is 8.42 Å². The van der Waals surface area contributed by atoms with Crippen molar-refractivity contribution in [2.45, 2.75) is 51.0 Å². The van der Waals surface area contributed by atoms with Gasteiger partial charge in [-0.05, 0) is 68.8 Å². The zero-order chi connectivity index (χ0) is 25.0. The number of hydrogen-bond acceptors (Lipinski definition) is 6. The average Bonchev–Trinajstić information content (AvgIpc) is 3.27. The first kappa shape index (κ1) is 25.2. The molecule has 4 rings (SSSR count). The molecule has 9 heteroatoms. The van der Waals surface area contributed by atoms with Crippen molar-refractivity contribution in [1.82, 2.24) is 19.0 Å². The van der Waals surface area contributed by atoms with E-state index in [-0.39, 0.29) is 24.2 Å². The molecule has 2 heterocycles. The zero-order valence-corrected chi connectivity index (χ0v) is 21.7. The normalized spacial score (nSPS) is 14.3. The molecule has 1 aromatic heterocycles. The van der Waals surface area contributed by atoms with Gasteiger partial charge < -0.3 is 9.47 Å². The minimum absolute atomic E-state index is 0.0619. The number of nitrogens with zero attached hydrogens (tertiary/aromatic N) is 4. The summed E-state index contributed by atoms with van der Waals surface area (Å²) in [5.41, 5.74) is 2.66. The molecule has 0 unspecified atom stereocenters. The average molecular weight is 499 g/mol. The van der Waals surface area contributed by atoms with Crippen molar-refractivity contribution < 1.29 is 17.9 Å². The van der Waals surface area contributed by atoms with Crippen molar-refractivity contribution in [3.05, 3.63) is 71.4 Å². The molecule has 0 spiro atoms. The van der Waals surface area contributed by atoms with Crippen LogP contribution >= 0.6 is 0 Å². The van der Waals surface area contributed by atoms with Crippen molar-refractivity contribution in [3.63, 3.8) is 0 Å². The van der Waals surface area contributed by atoms with E-state index in [1.807, 2.05) is 67.1 Å². The minimum atomic E-state index is -3.87. The second-order valence-electron chi connectivity index (χ2n) is 9.11. The first-order valence-electron chi connectivity index (χ1n) is 11.9. The monoisotopic (exact) mass is 498 g/mol. The van der Waals surface area contributed by atoms with Crippen LogP contribution in [0.25, 0.3) is 0 Å². The summed E-state index contributed by atoms with van der Waals surface area (Å²) in [6, 6.07) is 16.7. The molecule has 0 aliphatic carbocycles. The molecule has 1 fully saturated rings. The number of rotatable bonds is 11. The molecule has 0 radical (unpaired) electrons. The maximum absolute atomic E-state index is 13.9. The molecular weight excluding hydrogens is 464 g/mol. The lowest BCUT2D eigenvalue weighted by Gasteiger charge is -2.30. The van der Waals surface area contributed by atoms with E-state index in [1.54, 1.807) is 20.3 Å². The van der Waals surface area contributed by atoms with Crippen LogP contribution in [0.15, 0.2) is 59.6 Å². The zero-order valence-electron chi connectivity index (χ0n) is 20.8. The van der Waals surface area contributed by atoms with Crippen LogP contribution < -0.4 is 9.47 Å². The van der Waals surface area contributed by atoms with Gasteiger partial charge in [0.15, 0.2) is 5.03 Å². The summed E-state index contributed by atoms with van der Waals surface area (Å²) in [4.78, 5) is 2.30. The highest BCUT2D eigenvalue weighted by Crippen LogP contribution is 2.25. The van der Waals surface area contributed by atoms with Gasteiger partial charge in [0, 0.05) is 31.7 Å². The molecule has 8 nitrogen and oxygen atoms in total. The van der Waals surface area contributed by atoms with Crippen molar-refractivity contribution in [2.75, 3.05) is 27.3 Å². The van der Waals surface area contributed by atoms with E-state index in [2.05, 4.69) is 10.00 Å². The lowest BCUT2D eigenvalue weighted by molar-refractivity contribution is 0.166. The van der Waals surface area contributed by atoms with E-state index in [0.29, 0.717) is 6.54 Å². The van der Waals surface area contributed by atoms with Crippen LogP contribution in [-0.4, -0.2) is 54.7 Å². The summed E-state index contributed by atoms with van der Waals surface area (Å²) in [6.07, 6.45) is 1.18. The molecule has 1 aliphatic heterocycles. The Kier molecular flexibility index (Phi) is 7.78. The third kappa shape index (κ3) is 5.86. The quantitative estimate of drug-likeness (QED) is 0.397. The van der Waals surface area contributed by atoms with Gasteiger partial charge in [0.25, 0.3) is 10.0 Å². The maximum Gasteiger partial charge on any atom is 0.263 e. The third-order valence-electron chi connectivity index (χ3n) is 6.25. The first-order chi connectivity index (χ1) is 16.8. The molecule has 188 valence electrons. The van der Waals surface area contributed by atoms with Crippen molar-refractivity contribution in [1.29, 1.82) is 0 Å². The van der Waals surface area contributed by atoms with Gasteiger partial charge in [-0.2, -0.15) is 9.40 Å². The lowest BCUT2D eigenvalue weighted by atomic mass is 10.2. The molecule has 0 amide bonds. The van der Waals surface area contributed by atoms with Crippen LogP contribution in [0.5, 0.6) is 11.5 Å². The predicted molar refractivity (Wildman–Crippen MR) is 135 cm³/mol. The Bertz CT molecular complexity index is 1170. The van der Waals surface area contributed by atoms with Crippen LogP contribution in [0.1, 0.15) is 43.1 Å². The number of aromatic nitrogens is 2. The van der Waals surface area contributed by atoms with Gasteiger partial charge >= 0.3 is 0 Å². The molecule has 1 saturated heterocycles. The summed E-state index contributed by atoms with van der Waals surface area (Å²) in [5, 5.41) is 4.66. The summed E-state index contributed by atoms with van der Waals surface area (Å²) < 4.78 is 41.7. The van der Waals surface area contributed by atoms with Gasteiger partial charge in [-0.3, -0.25) is 9.58 Å². The standard InChI is InChI=1S/C26H34N4O4S/c1-20(2)30-23(19-28-14-5-15-28)16-26(27-30)35(31,32)29(17-21-6-10-24(33-3)11-7-21)18-22-8-12-25(34-4)13-9-22/h6-13,16,20H,5,14-15,17-19H2,1-4H3. The SMILES string of the molecule is COc1ccc(CN(Cc2ccc(OC)cc2)S(=O)(=O)c2cc(CN3CCC3)n(C(C)C)n2)cc1. The highest BCUT2D eigenvalue weighted by Gasteiger charge is 2.30. The van der Waals surface area contributed by atoms with Gasteiger partial charge in [-0.15, -0.1) is 0 Å². The van der Waals surface area contributed by atoms with Crippen molar-refractivity contribution in [2.24, 2.45) is 0 Å². The van der Waals surface area contributed by atoms with Crippen molar-refractivity contribution >= 4 is 10.0 Å². The predicted octanol–water partition coefficient (Wildman–Crippen LogP) is 4.08. The van der Waals surface area contributed by atoms with E-state index in [0.717, 1.165) is 41.4 Å². The Hall–Kier alpha value is -2.88. The number of methoxy groups -OCH3 is 2. The molecule has 0 atom stereocenters. The fraction of sp³-hybridized carbons (Fsp3) is 0.423. The molecule has 0 bridgehead atoms.